The monoisotopic (exact) mass is 219 g/mol. The highest BCUT2D eigenvalue weighted by molar-refractivity contribution is 5.29. The molecule has 1 N–H and O–H groups in total. The Kier molecular flexibility index (Phi) is 6.16. The van der Waals surface area contributed by atoms with E-state index in [0.717, 1.165) is 25.1 Å². The van der Waals surface area contributed by atoms with E-state index >= 15 is 0 Å². The molecule has 1 aromatic rings. The zero-order valence-corrected chi connectivity index (χ0v) is 9.57. The lowest BCUT2D eigenvalue weighted by Gasteiger charge is -2.06. The van der Waals surface area contributed by atoms with Crippen LogP contribution < -0.4 is 5.32 Å². The molecule has 0 spiro atoms. The van der Waals surface area contributed by atoms with Crippen molar-refractivity contribution >= 4 is 0 Å². The molecule has 0 radical (unpaired) electrons. The lowest BCUT2D eigenvalue weighted by atomic mass is 10.2. The van der Waals surface area contributed by atoms with Gasteiger partial charge in [-0.25, -0.2) is 4.98 Å². The topological polar surface area (TPSA) is 57.9 Å². The standard InChI is InChI=1S/C12H17N3O/c1-2-5-14-7-8-16-10-11-4-3-6-15-12(11)9-13/h3-4,6,14H,2,5,7-8,10H2,1H3. The maximum absolute atomic E-state index is 8.81. The van der Waals surface area contributed by atoms with E-state index in [-0.39, 0.29) is 0 Å². The van der Waals surface area contributed by atoms with Crippen molar-refractivity contribution in [1.29, 1.82) is 5.26 Å². The van der Waals surface area contributed by atoms with Gasteiger partial charge in [-0.2, -0.15) is 5.26 Å². The van der Waals surface area contributed by atoms with E-state index in [2.05, 4.69) is 23.3 Å². The first-order valence-corrected chi connectivity index (χ1v) is 5.51. The van der Waals surface area contributed by atoms with E-state index in [9.17, 15) is 0 Å². The lowest BCUT2D eigenvalue weighted by molar-refractivity contribution is 0.122. The van der Waals surface area contributed by atoms with Crippen molar-refractivity contribution < 1.29 is 4.74 Å². The summed E-state index contributed by atoms with van der Waals surface area (Å²) in [7, 11) is 0. The second kappa shape index (κ2) is 7.80. The van der Waals surface area contributed by atoms with Gasteiger partial charge in [-0.3, -0.25) is 0 Å². The van der Waals surface area contributed by atoms with Crippen LogP contribution in [0.25, 0.3) is 0 Å². The molecule has 1 aromatic heterocycles. The van der Waals surface area contributed by atoms with Crippen molar-refractivity contribution in [2.75, 3.05) is 19.7 Å². The highest BCUT2D eigenvalue weighted by Gasteiger charge is 2.01. The maximum atomic E-state index is 8.81. The lowest BCUT2D eigenvalue weighted by Crippen LogP contribution is -2.20. The number of pyridine rings is 1. The van der Waals surface area contributed by atoms with Crippen LogP contribution in [0.5, 0.6) is 0 Å². The van der Waals surface area contributed by atoms with Gasteiger partial charge in [0, 0.05) is 18.3 Å². The van der Waals surface area contributed by atoms with Crippen LogP contribution in [0, 0.1) is 11.3 Å². The number of rotatable bonds is 7. The van der Waals surface area contributed by atoms with Gasteiger partial charge in [0.05, 0.1) is 13.2 Å². The van der Waals surface area contributed by atoms with Crippen molar-refractivity contribution in [3.63, 3.8) is 0 Å². The van der Waals surface area contributed by atoms with Gasteiger partial charge >= 0.3 is 0 Å². The minimum atomic E-state index is 0.448. The van der Waals surface area contributed by atoms with Crippen molar-refractivity contribution in [3.05, 3.63) is 29.6 Å². The average Bonchev–Trinajstić information content (AvgIpc) is 2.34. The SMILES string of the molecule is CCCNCCOCc1cccnc1C#N. The van der Waals surface area contributed by atoms with E-state index in [1.165, 1.54) is 0 Å². The van der Waals surface area contributed by atoms with Gasteiger partial charge in [-0.1, -0.05) is 13.0 Å². The Morgan fingerprint density at radius 1 is 1.50 bits per heavy atom. The fourth-order valence-corrected chi connectivity index (χ4v) is 1.28. The molecule has 86 valence electrons. The zero-order valence-electron chi connectivity index (χ0n) is 9.57. The number of nitriles is 1. The van der Waals surface area contributed by atoms with Crippen LogP contribution in [0.3, 0.4) is 0 Å². The van der Waals surface area contributed by atoms with Crippen molar-refractivity contribution in [3.8, 4) is 6.07 Å². The van der Waals surface area contributed by atoms with Gasteiger partial charge in [0.2, 0.25) is 0 Å². The van der Waals surface area contributed by atoms with Gasteiger partial charge in [-0.05, 0) is 19.0 Å². The second-order valence-electron chi connectivity index (χ2n) is 3.43. The molecule has 4 heteroatoms. The van der Waals surface area contributed by atoms with E-state index in [1.807, 2.05) is 12.1 Å². The van der Waals surface area contributed by atoms with Crippen molar-refractivity contribution in [1.82, 2.24) is 10.3 Å². The quantitative estimate of drug-likeness (QED) is 0.705. The highest BCUT2D eigenvalue weighted by Crippen LogP contribution is 2.04. The summed E-state index contributed by atoms with van der Waals surface area (Å²) in [5, 5.41) is 12.1. The first-order chi connectivity index (χ1) is 7.88. The Hall–Kier alpha value is -1.44. The molecule has 0 fully saturated rings. The van der Waals surface area contributed by atoms with Crippen LogP contribution in [0.15, 0.2) is 18.3 Å². The molecule has 0 aliphatic carbocycles. The molecule has 0 unspecified atom stereocenters. The summed E-state index contributed by atoms with van der Waals surface area (Å²) >= 11 is 0. The minimum absolute atomic E-state index is 0.448. The summed E-state index contributed by atoms with van der Waals surface area (Å²) in [5.74, 6) is 0. The smallest absolute Gasteiger partial charge is 0.145 e. The molecular weight excluding hydrogens is 202 g/mol. The van der Waals surface area contributed by atoms with Crippen LogP contribution in [0.1, 0.15) is 24.6 Å². The fourth-order valence-electron chi connectivity index (χ4n) is 1.28. The summed E-state index contributed by atoms with van der Waals surface area (Å²) in [5.41, 5.74) is 1.30. The number of hydrogen-bond acceptors (Lipinski definition) is 4. The number of hydrogen-bond donors (Lipinski definition) is 1. The Bertz CT molecular complexity index is 346. The first kappa shape index (κ1) is 12.6. The molecular formula is C12H17N3O. The number of nitrogens with zero attached hydrogens (tertiary/aromatic N) is 2. The Balaban J connectivity index is 2.24. The Morgan fingerprint density at radius 3 is 3.12 bits per heavy atom. The van der Waals surface area contributed by atoms with Crippen LogP contribution in [0.2, 0.25) is 0 Å². The minimum Gasteiger partial charge on any atom is -0.375 e. The van der Waals surface area contributed by atoms with Crippen molar-refractivity contribution in [2.24, 2.45) is 0 Å². The molecule has 0 saturated heterocycles. The summed E-state index contributed by atoms with van der Waals surface area (Å²) in [6, 6.07) is 5.73. The number of nitrogens with one attached hydrogen (secondary N) is 1. The normalized spacial score (nSPS) is 10.0. The summed E-state index contributed by atoms with van der Waals surface area (Å²) in [6.07, 6.45) is 2.74. The fraction of sp³-hybridized carbons (Fsp3) is 0.500. The van der Waals surface area contributed by atoms with Crippen LogP contribution in [0.4, 0.5) is 0 Å². The van der Waals surface area contributed by atoms with Crippen LogP contribution in [-0.4, -0.2) is 24.7 Å². The van der Waals surface area contributed by atoms with Gasteiger partial charge in [0.25, 0.3) is 0 Å². The molecule has 16 heavy (non-hydrogen) atoms. The second-order valence-corrected chi connectivity index (χ2v) is 3.43. The Labute approximate surface area is 96.3 Å². The molecule has 1 heterocycles. The van der Waals surface area contributed by atoms with E-state index in [4.69, 9.17) is 10.00 Å². The predicted molar refractivity (Wildman–Crippen MR) is 61.8 cm³/mol. The third-order valence-corrected chi connectivity index (χ3v) is 2.10. The van der Waals surface area contributed by atoms with Crippen molar-refractivity contribution in [2.45, 2.75) is 20.0 Å². The molecule has 4 nitrogen and oxygen atoms in total. The third-order valence-electron chi connectivity index (χ3n) is 2.10. The van der Waals surface area contributed by atoms with E-state index in [0.29, 0.717) is 18.9 Å². The highest BCUT2D eigenvalue weighted by atomic mass is 16.5. The van der Waals surface area contributed by atoms with Crippen LogP contribution in [-0.2, 0) is 11.3 Å². The summed E-state index contributed by atoms with van der Waals surface area (Å²) in [4.78, 5) is 3.97. The van der Waals surface area contributed by atoms with E-state index in [1.54, 1.807) is 6.20 Å². The average molecular weight is 219 g/mol. The van der Waals surface area contributed by atoms with E-state index < -0.39 is 0 Å². The molecule has 0 amide bonds. The molecule has 0 aliphatic rings. The first-order valence-electron chi connectivity index (χ1n) is 5.51. The molecule has 0 aliphatic heterocycles. The Morgan fingerprint density at radius 2 is 2.38 bits per heavy atom. The molecule has 0 aromatic carbocycles. The largest absolute Gasteiger partial charge is 0.375 e. The molecule has 1 rings (SSSR count). The van der Waals surface area contributed by atoms with Gasteiger partial charge in [0.1, 0.15) is 11.8 Å². The predicted octanol–water partition coefficient (Wildman–Crippen LogP) is 1.47. The van der Waals surface area contributed by atoms with Gasteiger partial charge in [0.15, 0.2) is 0 Å². The van der Waals surface area contributed by atoms with Gasteiger partial charge in [-0.15, -0.1) is 0 Å². The van der Waals surface area contributed by atoms with Crippen LogP contribution >= 0.6 is 0 Å². The number of ether oxygens (including phenoxy) is 1. The summed E-state index contributed by atoms with van der Waals surface area (Å²) < 4.78 is 5.46. The molecule has 0 saturated carbocycles. The third kappa shape index (κ3) is 4.39. The zero-order chi connectivity index (χ0) is 11.6. The molecule has 0 bridgehead atoms. The maximum Gasteiger partial charge on any atom is 0.145 e. The number of aromatic nitrogens is 1. The van der Waals surface area contributed by atoms with Gasteiger partial charge < -0.3 is 10.1 Å². The molecule has 0 atom stereocenters. The summed E-state index contributed by atoms with van der Waals surface area (Å²) in [6.45, 7) is 5.09.